The highest BCUT2D eigenvalue weighted by molar-refractivity contribution is 6.33. The number of hydrogen-bond acceptors (Lipinski definition) is 5. The zero-order chi connectivity index (χ0) is 19.9. The molecule has 0 unspecified atom stereocenters. The Morgan fingerprint density at radius 1 is 1.00 bits per heavy atom. The lowest BCUT2D eigenvalue weighted by molar-refractivity contribution is -0.119. The van der Waals surface area contributed by atoms with Gasteiger partial charge in [0, 0.05) is 18.2 Å². The zero-order valence-electron chi connectivity index (χ0n) is 15.5. The van der Waals surface area contributed by atoms with Crippen molar-refractivity contribution in [3.63, 3.8) is 0 Å². The minimum absolute atomic E-state index is 0.0553. The van der Waals surface area contributed by atoms with Crippen molar-refractivity contribution in [3.05, 3.63) is 47.5 Å². The second-order valence-electron chi connectivity index (χ2n) is 6.46. The maximum absolute atomic E-state index is 12.3. The maximum Gasteiger partial charge on any atom is 0.238 e. The fraction of sp³-hybridized carbons (Fsp3) is 0.300. The van der Waals surface area contributed by atoms with Crippen LogP contribution in [0.25, 0.3) is 0 Å². The number of para-hydroxylation sites is 1. The van der Waals surface area contributed by atoms with Crippen LogP contribution in [0, 0.1) is 0 Å². The van der Waals surface area contributed by atoms with E-state index in [9.17, 15) is 9.59 Å². The standard InChI is InChI=1S/C20H22ClN3O4/c1-24(13-20(26)23-16-6-3-2-5-15(16)21)12-19(25)22-14-7-8-17-18(11-14)28-10-4-9-27-17/h2-3,5-8,11H,4,9-10,12-13H2,1H3,(H,22,25)(H,23,26). The normalized spacial score (nSPS) is 13.0. The topological polar surface area (TPSA) is 79.9 Å². The molecule has 2 N–H and O–H groups in total. The highest BCUT2D eigenvalue weighted by atomic mass is 35.5. The average Bonchev–Trinajstić information content (AvgIpc) is 2.88. The van der Waals surface area contributed by atoms with Gasteiger partial charge in [-0.3, -0.25) is 14.5 Å². The summed E-state index contributed by atoms with van der Waals surface area (Å²) in [4.78, 5) is 26.0. The van der Waals surface area contributed by atoms with Gasteiger partial charge in [0.2, 0.25) is 11.8 Å². The van der Waals surface area contributed by atoms with Crippen molar-refractivity contribution >= 4 is 34.8 Å². The summed E-state index contributed by atoms with van der Waals surface area (Å²) in [6.07, 6.45) is 0.817. The molecule has 0 atom stereocenters. The van der Waals surface area contributed by atoms with Gasteiger partial charge in [0.15, 0.2) is 11.5 Å². The summed E-state index contributed by atoms with van der Waals surface area (Å²) in [5, 5.41) is 6.00. The molecule has 0 aliphatic carbocycles. The van der Waals surface area contributed by atoms with E-state index in [2.05, 4.69) is 10.6 Å². The smallest absolute Gasteiger partial charge is 0.238 e. The predicted molar refractivity (Wildman–Crippen MR) is 108 cm³/mol. The van der Waals surface area contributed by atoms with Gasteiger partial charge in [-0.05, 0) is 31.3 Å². The van der Waals surface area contributed by atoms with Crippen LogP contribution in [-0.4, -0.2) is 50.1 Å². The van der Waals surface area contributed by atoms with Crippen molar-refractivity contribution in [2.75, 3.05) is 44.0 Å². The van der Waals surface area contributed by atoms with Gasteiger partial charge in [-0.25, -0.2) is 0 Å². The molecule has 0 saturated carbocycles. The summed E-state index contributed by atoms with van der Waals surface area (Å²) >= 11 is 6.03. The highest BCUT2D eigenvalue weighted by Gasteiger charge is 2.14. The van der Waals surface area contributed by atoms with Gasteiger partial charge in [0.05, 0.1) is 37.0 Å². The van der Waals surface area contributed by atoms with E-state index in [0.717, 1.165) is 6.42 Å². The molecule has 28 heavy (non-hydrogen) atoms. The van der Waals surface area contributed by atoms with E-state index in [-0.39, 0.29) is 24.9 Å². The summed E-state index contributed by atoms with van der Waals surface area (Å²) in [5.41, 5.74) is 1.15. The molecule has 0 saturated heterocycles. The largest absolute Gasteiger partial charge is 0.490 e. The third-order valence-corrected chi connectivity index (χ3v) is 4.34. The molecule has 0 radical (unpaired) electrons. The number of amides is 2. The molecule has 3 rings (SSSR count). The van der Waals surface area contributed by atoms with Gasteiger partial charge in [-0.15, -0.1) is 0 Å². The highest BCUT2D eigenvalue weighted by Crippen LogP contribution is 2.32. The van der Waals surface area contributed by atoms with Crippen molar-refractivity contribution in [2.24, 2.45) is 0 Å². The van der Waals surface area contributed by atoms with Gasteiger partial charge in [0.1, 0.15) is 0 Å². The van der Waals surface area contributed by atoms with Crippen LogP contribution in [0.2, 0.25) is 5.02 Å². The number of nitrogens with zero attached hydrogens (tertiary/aromatic N) is 1. The molecule has 0 fully saturated rings. The molecule has 0 spiro atoms. The van der Waals surface area contributed by atoms with Crippen molar-refractivity contribution in [3.8, 4) is 11.5 Å². The Labute approximate surface area is 168 Å². The second kappa shape index (κ2) is 9.43. The van der Waals surface area contributed by atoms with Crippen LogP contribution in [-0.2, 0) is 9.59 Å². The number of fused-ring (bicyclic) bond motifs is 1. The van der Waals surface area contributed by atoms with E-state index < -0.39 is 0 Å². The van der Waals surface area contributed by atoms with E-state index in [4.69, 9.17) is 21.1 Å². The quantitative estimate of drug-likeness (QED) is 0.775. The van der Waals surface area contributed by atoms with Crippen LogP contribution >= 0.6 is 11.6 Å². The average molecular weight is 404 g/mol. The molecular formula is C20H22ClN3O4. The van der Waals surface area contributed by atoms with Crippen LogP contribution in [0.3, 0.4) is 0 Å². The molecule has 0 bridgehead atoms. The van der Waals surface area contributed by atoms with Crippen LogP contribution in [0.15, 0.2) is 42.5 Å². The second-order valence-corrected chi connectivity index (χ2v) is 6.87. The first-order valence-corrected chi connectivity index (χ1v) is 9.31. The van der Waals surface area contributed by atoms with E-state index in [1.54, 1.807) is 54.4 Å². The lowest BCUT2D eigenvalue weighted by atomic mass is 10.2. The summed E-state index contributed by atoms with van der Waals surface area (Å²) < 4.78 is 11.2. The molecule has 148 valence electrons. The lowest BCUT2D eigenvalue weighted by Gasteiger charge is -2.17. The van der Waals surface area contributed by atoms with E-state index in [1.165, 1.54) is 0 Å². The number of hydrogen-bond donors (Lipinski definition) is 2. The number of halogens is 1. The summed E-state index contributed by atoms with van der Waals surface area (Å²) in [5.74, 6) is 0.799. The maximum atomic E-state index is 12.3. The monoisotopic (exact) mass is 403 g/mol. The minimum Gasteiger partial charge on any atom is -0.490 e. The first-order chi connectivity index (χ1) is 13.5. The Kier molecular flexibility index (Phi) is 6.73. The van der Waals surface area contributed by atoms with Crippen molar-refractivity contribution in [1.29, 1.82) is 0 Å². The fourth-order valence-electron chi connectivity index (χ4n) is 2.74. The number of likely N-dealkylation sites (N-methyl/N-ethyl adjacent to an activating group) is 1. The molecule has 0 aromatic heterocycles. The Hall–Kier alpha value is -2.77. The lowest BCUT2D eigenvalue weighted by Crippen LogP contribution is -2.36. The van der Waals surface area contributed by atoms with Crippen LogP contribution in [0.4, 0.5) is 11.4 Å². The first-order valence-electron chi connectivity index (χ1n) is 8.93. The van der Waals surface area contributed by atoms with Crippen molar-refractivity contribution in [2.45, 2.75) is 6.42 Å². The number of anilines is 2. The molecule has 2 aromatic carbocycles. The fourth-order valence-corrected chi connectivity index (χ4v) is 2.92. The van der Waals surface area contributed by atoms with Gasteiger partial charge < -0.3 is 20.1 Å². The van der Waals surface area contributed by atoms with Crippen molar-refractivity contribution in [1.82, 2.24) is 4.90 Å². The number of nitrogens with one attached hydrogen (secondary N) is 2. The first kappa shape index (κ1) is 20.0. The Bertz CT molecular complexity index is 859. The molecule has 8 heteroatoms. The van der Waals surface area contributed by atoms with Crippen LogP contribution in [0.1, 0.15) is 6.42 Å². The molecule has 2 amide bonds. The Morgan fingerprint density at radius 3 is 2.43 bits per heavy atom. The number of carbonyl (C=O) groups is 2. The van der Waals surface area contributed by atoms with Gasteiger partial charge in [-0.1, -0.05) is 23.7 Å². The van der Waals surface area contributed by atoms with Crippen molar-refractivity contribution < 1.29 is 19.1 Å². The third-order valence-electron chi connectivity index (χ3n) is 4.01. The Morgan fingerprint density at radius 2 is 1.68 bits per heavy atom. The van der Waals surface area contributed by atoms with Gasteiger partial charge in [-0.2, -0.15) is 0 Å². The number of benzene rings is 2. The van der Waals surface area contributed by atoms with E-state index >= 15 is 0 Å². The number of rotatable bonds is 6. The van der Waals surface area contributed by atoms with Crippen LogP contribution < -0.4 is 20.1 Å². The molecular weight excluding hydrogens is 382 g/mol. The molecule has 1 aliphatic heterocycles. The molecule has 2 aromatic rings. The summed E-state index contributed by atoms with van der Waals surface area (Å²) in [6.45, 7) is 1.30. The molecule has 1 heterocycles. The zero-order valence-corrected chi connectivity index (χ0v) is 16.3. The number of ether oxygens (including phenoxy) is 2. The SMILES string of the molecule is CN(CC(=O)Nc1ccc2c(c1)OCCCO2)CC(=O)Nc1ccccc1Cl. The van der Waals surface area contributed by atoms with Gasteiger partial charge >= 0.3 is 0 Å². The van der Waals surface area contributed by atoms with Gasteiger partial charge in [0.25, 0.3) is 0 Å². The summed E-state index contributed by atoms with van der Waals surface area (Å²) in [7, 11) is 1.69. The predicted octanol–water partition coefficient (Wildman–Crippen LogP) is 3.01. The third kappa shape index (κ3) is 5.61. The molecule has 1 aliphatic rings. The minimum atomic E-state index is -0.251. The van der Waals surface area contributed by atoms with E-state index in [0.29, 0.717) is 41.1 Å². The summed E-state index contributed by atoms with van der Waals surface area (Å²) in [6, 6.07) is 12.3. The Balaban J connectivity index is 1.49. The number of carbonyl (C=O) groups excluding carboxylic acids is 2. The van der Waals surface area contributed by atoms with Crippen LogP contribution in [0.5, 0.6) is 11.5 Å². The van der Waals surface area contributed by atoms with E-state index in [1.807, 2.05) is 0 Å². The molecule has 7 nitrogen and oxygen atoms in total.